The largest absolute Gasteiger partial charge is 0.397 e. The standard InChI is InChI=1S/C12H15N5O/c1-16-11(4-5-14-16)15-12(18)10-6-8(13)7-17(10)9-2-3-9/h4-7,9H,2-3,13H2,1H3,(H,15,18). The predicted octanol–water partition coefficient (Wildman–Crippen LogP) is 1.39. The first-order chi connectivity index (χ1) is 8.65. The summed E-state index contributed by atoms with van der Waals surface area (Å²) in [6.07, 6.45) is 5.69. The first kappa shape index (κ1) is 10.9. The van der Waals surface area contributed by atoms with Gasteiger partial charge in [0.25, 0.3) is 5.91 Å². The number of rotatable bonds is 3. The molecule has 0 aliphatic heterocycles. The Bertz CT molecular complexity index is 593. The van der Waals surface area contributed by atoms with Crippen LogP contribution in [0.25, 0.3) is 0 Å². The average Bonchev–Trinajstić information content (AvgIpc) is 3.00. The van der Waals surface area contributed by atoms with Gasteiger partial charge in [-0.05, 0) is 18.9 Å². The molecule has 1 aliphatic rings. The highest BCUT2D eigenvalue weighted by atomic mass is 16.2. The fourth-order valence-electron chi connectivity index (χ4n) is 2.01. The van der Waals surface area contributed by atoms with Gasteiger partial charge in [-0.1, -0.05) is 0 Å². The average molecular weight is 245 g/mol. The molecule has 0 aromatic carbocycles. The molecular weight excluding hydrogens is 230 g/mol. The predicted molar refractivity (Wildman–Crippen MR) is 68.3 cm³/mol. The number of carbonyl (C=O) groups excluding carboxylic acids is 1. The lowest BCUT2D eigenvalue weighted by molar-refractivity contribution is 0.101. The van der Waals surface area contributed by atoms with Gasteiger partial charge in [-0.15, -0.1) is 0 Å². The number of carbonyl (C=O) groups is 1. The first-order valence-corrected chi connectivity index (χ1v) is 5.92. The van der Waals surface area contributed by atoms with E-state index < -0.39 is 0 Å². The third-order valence-electron chi connectivity index (χ3n) is 3.11. The maximum Gasteiger partial charge on any atom is 0.273 e. The number of anilines is 2. The molecule has 3 N–H and O–H groups in total. The summed E-state index contributed by atoms with van der Waals surface area (Å²) in [5, 5.41) is 6.84. The lowest BCUT2D eigenvalue weighted by Gasteiger charge is -2.08. The van der Waals surface area contributed by atoms with E-state index in [9.17, 15) is 4.79 Å². The van der Waals surface area contributed by atoms with Crippen molar-refractivity contribution in [1.29, 1.82) is 0 Å². The molecule has 1 saturated carbocycles. The Morgan fingerprint density at radius 3 is 2.94 bits per heavy atom. The summed E-state index contributed by atoms with van der Waals surface area (Å²) in [5.74, 6) is 0.518. The minimum Gasteiger partial charge on any atom is -0.397 e. The van der Waals surface area contributed by atoms with Crippen LogP contribution in [0.15, 0.2) is 24.5 Å². The highest BCUT2D eigenvalue weighted by Crippen LogP contribution is 2.37. The zero-order valence-electron chi connectivity index (χ0n) is 10.1. The number of nitrogens with zero attached hydrogens (tertiary/aromatic N) is 3. The van der Waals surface area contributed by atoms with Crippen molar-refractivity contribution in [2.75, 3.05) is 11.1 Å². The summed E-state index contributed by atoms with van der Waals surface area (Å²) in [7, 11) is 1.78. The maximum absolute atomic E-state index is 12.2. The Labute approximate surface area is 104 Å². The van der Waals surface area contributed by atoms with Crippen molar-refractivity contribution < 1.29 is 4.79 Å². The van der Waals surface area contributed by atoms with Crippen LogP contribution >= 0.6 is 0 Å². The van der Waals surface area contributed by atoms with E-state index in [-0.39, 0.29) is 5.91 Å². The van der Waals surface area contributed by atoms with Gasteiger partial charge in [0, 0.05) is 25.4 Å². The van der Waals surface area contributed by atoms with Crippen LogP contribution in [0.4, 0.5) is 11.5 Å². The van der Waals surface area contributed by atoms with Crippen LogP contribution in [0, 0.1) is 0 Å². The van der Waals surface area contributed by atoms with Crippen LogP contribution in [0.1, 0.15) is 29.4 Å². The fourth-order valence-corrected chi connectivity index (χ4v) is 2.01. The quantitative estimate of drug-likeness (QED) is 0.857. The summed E-state index contributed by atoms with van der Waals surface area (Å²) in [4.78, 5) is 12.2. The number of nitrogens with two attached hydrogens (primary N) is 1. The van der Waals surface area contributed by atoms with Crippen LogP contribution in [0.5, 0.6) is 0 Å². The molecule has 1 aliphatic carbocycles. The van der Waals surface area contributed by atoms with Crippen molar-refractivity contribution in [1.82, 2.24) is 14.3 Å². The van der Waals surface area contributed by atoms with Gasteiger partial charge in [-0.2, -0.15) is 5.10 Å². The van der Waals surface area contributed by atoms with Crippen LogP contribution in [-0.4, -0.2) is 20.3 Å². The van der Waals surface area contributed by atoms with E-state index in [0.29, 0.717) is 23.2 Å². The topological polar surface area (TPSA) is 77.9 Å². The zero-order valence-corrected chi connectivity index (χ0v) is 10.1. The molecule has 1 fully saturated rings. The second kappa shape index (κ2) is 3.90. The minimum absolute atomic E-state index is 0.151. The molecule has 6 heteroatoms. The van der Waals surface area contributed by atoms with Crippen molar-refractivity contribution in [3.8, 4) is 0 Å². The fraction of sp³-hybridized carbons (Fsp3) is 0.333. The summed E-state index contributed by atoms with van der Waals surface area (Å²) in [6.45, 7) is 0. The molecule has 94 valence electrons. The van der Waals surface area contributed by atoms with E-state index in [1.54, 1.807) is 30.1 Å². The summed E-state index contributed by atoms with van der Waals surface area (Å²) in [5.41, 5.74) is 7.00. The Balaban J connectivity index is 1.86. The SMILES string of the molecule is Cn1nccc1NC(=O)c1cc(N)cn1C1CC1. The van der Waals surface area contributed by atoms with Gasteiger partial charge in [0.15, 0.2) is 0 Å². The number of amides is 1. The molecule has 1 amide bonds. The minimum atomic E-state index is -0.151. The van der Waals surface area contributed by atoms with Crippen molar-refractivity contribution in [3.63, 3.8) is 0 Å². The number of nitrogens with one attached hydrogen (secondary N) is 1. The molecule has 2 heterocycles. The van der Waals surface area contributed by atoms with Gasteiger partial charge in [-0.25, -0.2) is 0 Å². The number of nitrogen functional groups attached to an aromatic ring is 1. The number of hydrogen-bond acceptors (Lipinski definition) is 3. The zero-order chi connectivity index (χ0) is 12.7. The highest BCUT2D eigenvalue weighted by Gasteiger charge is 2.27. The van der Waals surface area contributed by atoms with Crippen molar-refractivity contribution >= 4 is 17.4 Å². The highest BCUT2D eigenvalue weighted by molar-refractivity contribution is 6.03. The van der Waals surface area contributed by atoms with Gasteiger partial charge in [0.05, 0.1) is 11.9 Å². The third-order valence-corrected chi connectivity index (χ3v) is 3.11. The number of hydrogen-bond donors (Lipinski definition) is 2. The molecule has 0 atom stereocenters. The molecule has 0 spiro atoms. The summed E-state index contributed by atoms with van der Waals surface area (Å²) < 4.78 is 3.58. The second-order valence-corrected chi connectivity index (χ2v) is 4.59. The van der Waals surface area contributed by atoms with Crippen LogP contribution < -0.4 is 11.1 Å². The second-order valence-electron chi connectivity index (χ2n) is 4.59. The third kappa shape index (κ3) is 1.85. The molecule has 0 unspecified atom stereocenters. The number of aryl methyl sites for hydroxylation is 1. The van der Waals surface area contributed by atoms with E-state index >= 15 is 0 Å². The van der Waals surface area contributed by atoms with E-state index in [4.69, 9.17) is 5.73 Å². The van der Waals surface area contributed by atoms with Crippen molar-refractivity contribution in [3.05, 3.63) is 30.2 Å². The molecule has 0 bridgehead atoms. The molecular formula is C12H15N5O. The van der Waals surface area contributed by atoms with E-state index in [1.807, 2.05) is 10.8 Å². The van der Waals surface area contributed by atoms with Crippen LogP contribution in [-0.2, 0) is 7.05 Å². The molecule has 6 nitrogen and oxygen atoms in total. The van der Waals surface area contributed by atoms with Crippen molar-refractivity contribution in [2.24, 2.45) is 7.05 Å². The lowest BCUT2D eigenvalue weighted by atomic mass is 10.3. The van der Waals surface area contributed by atoms with E-state index in [2.05, 4.69) is 10.4 Å². The molecule has 2 aromatic rings. The Morgan fingerprint density at radius 2 is 2.33 bits per heavy atom. The Kier molecular flexibility index (Phi) is 2.36. The van der Waals surface area contributed by atoms with Gasteiger partial charge >= 0.3 is 0 Å². The molecule has 0 radical (unpaired) electrons. The summed E-state index contributed by atoms with van der Waals surface area (Å²) in [6, 6.07) is 3.89. The van der Waals surface area contributed by atoms with E-state index in [1.165, 1.54) is 0 Å². The number of aromatic nitrogens is 3. The first-order valence-electron chi connectivity index (χ1n) is 5.92. The molecule has 0 saturated heterocycles. The van der Waals surface area contributed by atoms with Gasteiger partial charge < -0.3 is 15.6 Å². The smallest absolute Gasteiger partial charge is 0.273 e. The van der Waals surface area contributed by atoms with Crippen molar-refractivity contribution in [2.45, 2.75) is 18.9 Å². The van der Waals surface area contributed by atoms with E-state index in [0.717, 1.165) is 12.8 Å². The molecule has 2 aromatic heterocycles. The van der Waals surface area contributed by atoms with Crippen LogP contribution in [0.3, 0.4) is 0 Å². The van der Waals surface area contributed by atoms with Gasteiger partial charge in [0.2, 0.25) is 0 Å². The Hall–Kier alpha value is -2.24. The lowest BCUT2D eigenvalue weighted by Crippen LogP contribution is -2.18. The van der Waals surface area contributed by atoms with Crippen LogP contribution in [0.2, 0.25) is 0 Å². The maximum atomic E-state index is 12.2. The monoisotopic (exact) mass is 245 g/mol. The normalized spacial score (nSPS) is 14.7. The Morgan fingerprint density at radius 1 is 1.56 bits per heavy atom. The summed E-state index contributed by atoms with van der Waals surface area (Å²) >= 11 is 0. The van der Waals surface area contributed by atoms with Gasteiger partial charge in [-0.3, -0.25) is 9.48 Å². The van der Waals surface area contributed by atoms with Gasteiger partial charge in [0.1, 0.15) is 11.5 Å². The molecule has 3 rings (SSSR count). The molecule has 18 heavy (non-hydrogen) atoms.